The summed E-state index contributed by atoms with van der Waals surface area (Å²) in [5.74, 6) is 0. The van der Waals surface area contributed by atoms with Crippen LogP contribution in [0.3, 0.4) is 0 Å². The van der Waals surface area contributed by atoms with Gasteiger partial charge in [-0.2, -0.15) is 0 Å². The minimum Gasteiger partial charge on any atom is -0.248 e. The Morgan fingerprint density at radius 1 is 1.59 bits per heavy atom. The smallest absolute Gasteiger partial charge is 0.237 e. The first-order valence-electron chi connectivity index (χ1n) is 4.57. The van der Waals surface area contributed by atoms with Gasteiger partial charge in [0, 0.05) is 11.1 Å². The highest BCUT2D eigenvalue weighted by Gasteiger charge is 2.11. The monoisotopic (exact) mass is 252 g/mol. The molecule has 0 amide bonds. The van der Waals surface area contributed by atoms with Crippen molar-refractivity contribution in [3.8, 4) is 0 Å². The molecule has 9 heteroatoms. The molecule has 17 heavy (non-hydrogen) atoms. The molecular weight excluding hydrogens is 244 g/mol. The summed E-state index contributed by atoms with van der Waals surface area (Å²) < 4.78 is 23.8. The van der Waals surface area contributed by atoms with E-state index in [2.05, 4.69) is 20.0 Å². The molecule has 0 bridgehead atoms. The first-order chi connectivity index (χ1) is 8.02. The Labute approximate surface area is 96.6 Å². The lowest BCUT2D eigenvalue weighted by Gasteiger charge is -2.00. The van der Waals surface area contributed by atoms with Gasteiger partial charge in [0.1, 0.15) is 5.52 Å². The lowest BCUT2D eigenvalue weighted by molar-refractivity contribution is 0.595. The topological polar surface area (TPSA) is 114 Å². The minimum atomic E-state index is -3.38. The lowest BCUT2D eigenvalue weighted by Crippen LogP contribution is -2.09. The molecule has 0 aromatic carbocycles. The Balaban J connectivity index is 2.56. The molecule has 88 valence electrons. The molecule has 8 nitrogen and oxygen atoms in total. The summed E-state index contributed by atoms with van der Waals surface area (Å²) in [5.41, 5.74) is 9.37. The fourth-order valence-electron chi connectivity index (χ4n) is 1.37. The number of nitrogens with zero attached hydrogens (tertiary/aromatic N) is 6. The molecule has 2 aromatic heterocycles. The van der Waals surface area contributed by atoms with Crippen molar-refractivity contribution in [3.05, 3.63) is 34.6 Å². The zero-order valence-corrected chi connectivity index (χ0v) is 9.66. The van der Waals surface area contributed by atoms with E-state index in [1.807, 2.05) is 0 Å². The summed E-state index contributed by atoms with van der Waals surface area (Å²) in [4.78, 5) is 10.7. The van der Waals surface area contributed by atoms with E-state index >= 15 is 0 Å². The van der Waals surface area contributed by atoms with Crippen LogP contribution in [-0.2, 0) is 16.6 Å². The maximum Gasteiger partial charge on any atom is 0.237 e. The summed E-state index contributed by atoms with van der Waals surface area (Å²) in [7, 11) is -3.38. The third-order valence-electron chi connectivity index (χ3n) is 2.06. The molecule has 0 aliphatic carbocycles. The van der Waals surface area contributed by atoms with E-state index in [0.29, 0.717) is 11.2 Å². The van der Waals surface area contributed by atoms with E-state index in [9.17, 15) is 8.42 Å². The Morgan fingerprint density at radius 3 is 3.00 bits per heavy atom. The summed E-state index contributed by atoms with van der Waals surface area (Å²) in [6.45, 7) is 0.0868. The van der Waals surface area contributed by atoms with Crippen LogP contribution in [0.5, 0.6) is 0 Å². The van der Waals surface area contributed by atoms with Gasteiger partial charge in [0.2, 0.25) is 10.0 Å². The molecule has 0 fully saturated rings. The fraction of sp³-hybridized carbons (Fsp3) is 0.250. The predicted octanol–water partition coefficient (Wildman–Crippen LogP) is 1.05. The highest BCUT2D eigenvalue weighted by atomic mass is 32.2. The van der Waals surface area contributed by atoms with E-state index < -0.39 is 10.0 Å². The van der Waals surface area contributed by atoms with Crippen LogP contribution in [0, 0.1) is 0 Å². The number of rotatable bonds is 3. The van der Waals surface area contributed by atoms with Crippen molar-refractivity contribution in [2.45, 2.75) is 6.54 Å². The van der Waals surface area contributed by atoms with Gasteiger partial charge in [-0.15, -0.1) is 0 Å². The van der Waals surface area contributed by atoms with Gasteiger partial charge < -0.3 is 0 Å². The Hall–Kier alpha value is -2.12. The van der Waals surface area contributed by atoms with Crippen molar-refractivity contribution in [1.29, 1.82) is 0 Å². The normalized spacial score (nSPS) is 11.4. The first kappa shape index (κ1) is 11.4. The largest absolute Gasteiger partial charge is 0.248 e. The van der Waals surface area contributed by atoms with Crippen LogP contribution in [0.4, 0.5) is 0 Å². The van der Waals surface area contributed by atoms with Gasteiger partial charge in [-0.25, -0.2) is 22.4 Å². The Morgan fingerprint density at radius 2 is 2.35 bits per heavy atom. The van der Waals surface area contributed by atoms with Crippen molar-refractivity contribution in [3.63, 3.8) is 0 Å². The molecule has 2 rings (SSSR count). The van der Waals surface area contributed by atoms with E-state index in [1.54, 1.807) is 6.07 Å². The average molecular weight is 252 g/mol. The third-order valence-corrected chi connectivity index (χ3v) is 3.07. The Kier molecular flexibility index (Phi) is 2.70. The molecule has 0 spiro atoms. The minimum absolute atomic E-state index is 0.0868. The number of azide groups is 1. The SMILES string of the molecule is CS(=O)(=O)n1ccc2nc(CN=[N+]=[N-])cnc21. The number of hydrogen-bond donors (Lipinski definition) is 0. The van der Waals surface area contributed by atoms with Gasteiger partial charge in [-0.05, 0) is 11.6 Å². The van der Waals surface area contributed by atoms with Crippen LogP contribution in [0.25, 0.3) is 21.6 Å². The first-order valence-corrected chi connectivity index (χ1v) is 6.41. The average Bonchev–Trinajstić information content (AvgIpc) is 2.68. The van der Waals surface area contributed by atoms with Crippen molar-refractivity contribution in [2.75, 3.05) is 6.26 Å². The molecular formula is C8H8N6O2S. The van der Waals surface area contributed by atoms with Crippen molar-refractivity contribution >= 4 is 21.2 Å². The van der Waals surface area contributed by atoms with Gasteiger partial charge >= 0.3 is 0 Å². The molecule has 0 saturated heterocycles. The standard InChI is InChI=1S/C8H8N6O2S/c1-17(15,16)14-3-2-7-8(14)10-4-6(12-7)5-11-13-9/h2-4H,5H2,1H3. The maximum atomic E-state index is 11.4. The van der Waals surface area contributed by atoms with Gasteiger partial charge in [0.05, 0.1) is 24.7 Å². The number of fused-ring (bicyclic) bond motifs is 1. The highest BCUT2D eigenvalue weighted by molar-refractivity contribution is 7.89. The van der Waals surface area contributed by atoms with Crippen molar-refractivity contribution in [1.82, 2.24) is 13.9 Å². The molecule has 0 aliphatic heterocycles. The van der Waals surface area contributed by atoms with Crippen molar-refractivity contribution < 1.29 is 8.42 Å². The van der Waals surface area contributed by atoms with Crippen LogP contribution >= 0.6 is 0 Å². The van der Waals surface area contributed by atoms with Gasteiger partial charge in [-0.3, -0.25) is 0 Å². The van der Waals surface area contributed by atoms with E-state index in [1.165, 1.54) is 12.4 Å². The van der Waals surface area contributed by atoms with Gasteiger partial charge in [0.25, 0.3) is 0 Å². The van der Waals surface area contributed by atoms with E-state index in [4.69, 9.17) is 5.53 Å². The molecule has 0 atom stereocenters. The van der Waals surface area contributed by atoms with Crippen LogP contribution in [-0.4, -0.2) is 28.6 Å². The molecule has 2 heterocycles. The molecule has 0 aliphatic rings. The predicted molar refractivity (Wildman–Crippen MR) is 60.6 cm³/mol. The van der Waals surface area contributed by atoms with Crippen molar-refractivity contribution in [2.24, 2.45) is 5.11 Å². The molecule has 0 saturated carbocycles. The summed E-state index contributed by atoms with van der Waals surface area (Å²) >= 11 is 0. The molecule has 0 N–H and O–H groups in total. The maximum absolute atomic E-state index is 11.4. The van der Waals surface area contributed by atoms with Gasteiger partial charge in [0.15, 0.2) is 5.65 Å². The highest BCUT2D eigenvalue weighted by Crippen LogP contribution is 2.13. The lowest BCUT2D eigenvalue weighted by atomic mass is 10.4. The number of hydrogen-bond acceptors (Lipinski definition) is 5. The zero-order valence-electron chi connectivity index (χ0n) is 8.85. The van der Waals surface area contributed by atoms with E-state index in [0.717, 1.165) is 10.2 Å². The van der Waals surface area contributed by atoms with Crippen LogP contribution in [0.15, 0.2) is 23.6 Å². The zero-order chi connectivity index (χ0) is 12.5. The Bertz CT molecular complexity index is 713. The summed E-state index contributed by atoms with van der Waals surface area (Å²) in [6.07, 6.45) is 3.86. The quantitative estimate of drug-likeness (QED) is 0.461. The number of aromatic nitrogens is 3. The second-order valence-electron chi connectivity index (χ2n) is 3.33. The van der Waals surface area contributed by atoms with Crippen LogP contribution in [0.1, 0.15) is 5.69 Å². The summed E-state index contributed by atoms with van der Waals surface area (Å²) in [6, 6.07) is 1.54. The molecule has 0 radical (unpaired) electrons. The van der Waals surface area contributed by atoms with E-state index in [-0.39, 0.29) is 12.2 Å². The van der Waals surface area contributed by atoms with Gasteiger partial charge in [-0.1, -0.05) is 5.11 Å². The molecule has 2 aromatic rings. The van der Waals surface area contributed by atoms with Crippen LogP contribution in [0.2, 0.25) is 0 Å². The fourth-order valence-corrected chi connectivity index (χ4v) is 2.11. The summed E-state index contributed by atoms with van der Waals surface area (Å²) in [5, 5.41) is 3.36. The van der Waals surface area contributed by atoms with Crippen LogP contribution < -0.4 is 0 Å². The third kappa shape index (κ3) is 2.19. The second-order valence-corrected chi connectivity index (χ2v) is 5.19. The molecule has 0 unspecified atom stereocenters. The second kappa shape index (κ2) is 4.04.